The molecule has 20 heavy (non-hydrogen) atoms. The van der Waals surface area contributed by atoms with Gasteiger partial charge in [0, 0.05) is 24.5 Å². The van der Waals surface area contributed by atoms with Crippen molar-refractivity contribution in [1.82, 2.24) is 0 Å². The number of nitrogen functional groups attached to an aromatic ring is 4. The number of nitrogens with two attached hydrogens (primary N) is 4. The first kappa shape index (κ1) is 13.7. The van der Waals surface area contributed by atoms with Crippen LogP contribution in [-0.4, -0.2) is 13.1 Å². The van der Waals surface area contributed by atoms with Crippen LogP contribution in [0.2, 0.25) is 0 Å². The molecule has 0 heterocycles. The summed E-state index contributed by atoms with van der Waals surface area (Å²) in [6.45, 7) is 1.36. The topological polar surface area (TPSA) is 128 Å². The predicted molar refractivity (Wildman–Crippen MR) is 87.5 cm³/mol. The van der Waals surface area contributed by atoms with E-state index < -0.39 is 0 Å². The zero-order chi connectivity index (χ0) is 14.5. The number of nitrogens with one attached hydrogen (secondary N) is 2. The van der Waals surface area contributed by atoms with Gasteiger partial charge in [0.05, 0.1) is 22.7 Å². The lowest BCUT2D eigenvalue weighted by Crippen LogP contribution is -2.15. The highest BCUT2D eigenvalue weighted by molar-refractivity contribution is 5.72. The van der Waals surface area contributed by atoms with E-state index in [1.165, 1.54) is 0 Å². The quantitative estimate of drug-likeness (QED) is 0.362. The van der Waals surface area contributed by atoms with Crippen LogP contribution in [0, 0.1) is 0 Å². The molecule has 2 aromatic carbocycles. The Hall–Kier alpha value is -2.76. The average Bonchev–Trinajstić information content (AvgIpc) is 2.42. The molecule has 0 aliphatic rings. The van der Waals surface area contributed by atoms with Crippen LogP contribution in [0.15, 0.2) is 36.4 Å². The van der Waals surface area contributed by atoms with Crippen molar-refractivity contribution in [3.05, 3.63) is 36.4 Å². The van der Waals surface area contributed by atoms with E-state index in [2.05, 4.69) is 10.6 Å². The molecule has 0 aliphatic carbocycles. The van der Waals surface area contributed by atoms with E-state index in [0.717, 1.165) is 11.4 Å². The van der Waals surface area contributed by atoms with E-state index in [4.69, 9.17) is 22.9 Å². The summed E-state index contributed by atoms with van der Waals surface area (Å²) in [6, 6.07) is 10.7. The largest absolute Gasteiger partial charge is 0.399 e. The van der Waals surface area contributed by atoms with Crippen LogP contribution in [-0.2, 0) is 0 Å². The molecule has 106 valence electrons. The number of hydrogen-bond acceptors (Lipinski definition) is 6. The average molecular weight is 272 g/mol. The molecule has 0 fully saturated rings. The van der Waals surface area contributed by atoms with Crippen LogP contribution in [0.25, 0.3) is 0 Å². The summed E-state index contributed by atoms with van der Waals surface area (Å²) >= 11 is 0. The molecule has 0 unspecified atom stereocenters. The Morgan fingerprint density at radius 1 is 0.650 bits per heavy atom. The third-order valence-corrected chi connectivity index (χ3v) is 2.91. The third-order valence-electron chi connectivity index (χ3n) is 2.91. The monoisotopic (exact) mass is 272 g/mol. The van der Waals surface area contributed by atoms with Crippen molar-refractivity contribution < 1.29 is 0 Å². The second-order valence-corrected chi connectivity index (χ2v) is 4.55. The van der Waals surface area contributed by atoms with E-state index >= 15 is 0 Å². The molecule has 0 amide bonds. The lowest BCUT2D eigenvalue weighted by Gasteiger charge is -2.13. The lowest BCUT2D eigenvalue weighted by atomic mass is 10.2. The first-order valence-corrected chi connectivity index (χ1v) is 6.34. The van der Waals surface area contributed by atoms with Gasteiger partial charge >= 0.3 is 0 Å². The summed E-state index contributed by atoms with van der Waals surface area (Å²) in [7, 11) is 0. The van der Waals surface area contributed by atoms with Gasteiger partial charge in [0.25, 0.3) is 0 Å². The second-order valence-electron chi connectivity index (χ2n) is 4.55. The van der Waals surface area contributed by atoms with Gasteiger partial charge in [0.1, 0.15) is 0 Å². The second kappa shape index (κ2) is 5.92. The summed E-state index contributed by atoms with van der Waals surface area (Å²) in [4.78, 5) is 0. The molecule has 0 saturated heterocycles. The zero-order valence-corrected chi connectivity index (χ0v) is 11.2. The third kappa shape index (κ3) is 3.38. The molecule has 0 saturated carbocycles. The fourth-order valence-corrected chi connectivity index (χ4v) is 1.85. The van der Waals surface area contributed by atoms with Crippen molar-refractivity contribution in [2.75, 3.05) is 46.7 Å². The highest BCUT2D eigenvalue weighted by atomic mass is 15.0. The Bertz CT molecular complexity index is 543. The van der Waals surface area contributed by atoms with E-state index in [0.29, 0.717) is 35.8 Å². The van der Waals surface area contributed by atoms with Crippen molar-refractivity contribution in [2.45, 2.75) is 0 Å². The van der Waals surface area contributed by atoms with Crippen LogP contribution in [0.4, 0.5) is 34.1 Å². The maximum atomic E-state index is 5.85. The molecular weight excluding hydrogens is 252 g/mol. The van der Waals surface area contributed by atoms with E-state index in [1.807, 2.05) is 12.1 Å². The van der Waals surface area contributed by atoms with Gasteiger partial charge in [-0.3, -0.25) is 0 Å². The van der Waals surface area contributed by atoms with Crippen LogP contribution >= 0.6 is 0 Å². The van der Waals surface area contributed by atoms with Crippen LogP contribution in [0.1, 0.15) is 0 Å². The van der Waals surface area contributed by atoms with Gasteiger partial charge < -0.3 is 33.6 Å². The number of anilines is 6. The maximum absolute atomic E-state index is 5.85. The zero-order valence-electron chi connectivity index (χ0n) is 11.2. The molecule has 0 bridgehead atoms. The molecule has 0 aliphatic heterocycles. The van der Waals surface area contributed by atoms with Crippen LogP contribution in [0.3, 0.4) is 0 Å². The van der Waals surface area contributed by atoms with Crippen molar-refractivity contribution in [3.8, 4) is 0 Å². The van der Waals surface area contributed by atoms with Gasteiger partial charge in [-0.2, -0.15) is 0 Å². The molecule has 10 N–H and O–H groups in total. The van der Waals surface area contributed by atoms with Crippen molar-refractivity contribution in [1.29, 1.82) is 0 Å². The fraction of sp³-hybridized carbons (Fsp3) is 0.143. The highest BCUT2D eigenvalue weighted by Crippen LogP contribution is 2.22. The molecule has 6 nitrogen and oxygen atoms in total. The summed E-state index contributed by atoms with van der Waals surface area (Å²) in [6.07, 6.45) is 0. The summed E-state index contributed by atoms with van der Waals surface area (Å²) in [5.41, 5.74) is 27.5. The summed E-state index contributed by atoms with van der Waals surface area (Å²) in [5.74, 6) is 0. The number of rotatable bonds is 5. The summed E-state index contributed by atoms with van der Waals surface area (Å²) in [5, 5.41) is 6.44. The minimum absolute atomic E-state index is 0.669. The van der Waals surface area contributed by atoms with Crippen molar-refractivity contribution in [3.63, 3.8) is 0 Å². The highest BCUT2D eigenvalue weighted by Gasteiger charge is 2.01. The minimum Gasteiger partial charge on any atom is -0.399 e. The number of benzene rings is 2. The predicted octanol–water partition coefficient (Wildman–Crippen LogP) is 1.54. The smallest absolute Gasteiger partial charge is 0.0595 e. The van der Waals surface area contributed by atoms with Gasteiger partial charge in [-0.1, -0.05) is 0 Å². The molecule has 0 atom stereocenters. The van der Waals surface area contributed by atoms with Crippen LogP contribution in [0.5, 0.6) is 0 Å². The molecule has 6 heteroatoms. The molecule has 0 spiro atoms. The van der Waals surface area contributed by atoms with E-state index in [9.17, 15) is 0 Å². The lowest BCUT2D eigenvalue weighted by molar-refractivity contribution is 1.08. The van der Waals surface area contributed by atoms with Crippen molar-refractivity contribution in [2.24, 2.45) is 0 Å². The van der Waals surface area contributed by atoms with Gasteiger partial charge in [-0.25, -0.2) is 0 Å². The Kier molecular flexibility index (Phi) is 4.05. The number of hydrogen-bond donors (Lipinski definition) is 6. The fourth-order valence-electron chi connectivity index (χ4n) is 1.85. The Labute approximate surface area is 118 Å². The maximum Gasteiger partial charge on any atom is 0.0595 e. The Morgan fingerprint density at radius 3 is 1.45 bits per heavy atom. The van der Waals surface area contributed by atoms with E-state index in [-0.39, 0.29) is 0 Å². The van der Waals surface area contributed by atoms with Gasteiger partial charge in [-0.05, 0) is 36.4 Å². The van der Waals surface area contributed by atoms with E-state index in [1.54, 1.807) is 24.3 Å². The Morgan fingerprint density at radius 2 is 1.05 bits per heavy atom. The normalized spacial score (nSPS) is 10.2. The molecule has 2 rings (SSSR count). The van der Waals surface area contributed by atoms with Gasteiger partial charge in [0.15, 0.2) is 0 Å². The minimum atomic E-state index is 0.669. The van der Waals surface area contributed by atoms with Crippen molar-refractivity contribution >= 4 is 34.1 Å². The molecule has 2 aromatic rings. The first-order valence-electron chi connectivity index (χ1n) is 6.34. The standard InChI is InChI=1S/C14H20N6/c15-9-1-3-11(17)13(7-9)19-5-6-20-14-8-10(16)2-4-12(14)18/h1-4,7-8,19-20H,5-6,15-18H2. The molecule has 0 aromatic heterocycles. The summed E-state index contributed by atoms with van der Waals surface area (Å²) < 4.78 is 0. The SMILES string of the molecule is Nc1ccc(N)c(NCCNc2cc(N)ccc2N)c1. The molecular formula is C14H20N6. The van der Waals surface area contributed by atoms with Gasteiger partial charge in [-0.15, -0.1) is 0 Å². The first-order chi connectivity index (χ1) is 9.56. The Balaban J connectivity index is 1.87. The molecule has 0 radical (unpaired) electrons. The van der Waals surface area contributed by atoms with Gasteiger partial charge in [0.2, 0.25) is 0 Å². The van der Waals surface area contributed by atoms with Crippen LogP contribution < -0.4 is 33.6 Å².